The number of anilines is 1. The zero-order valence-electron chi connectivity index (χ0n) is 15.1. The van der Waals surface area contributed by atoms with Gasteiger partial charge in [0.2, 0.25) is 0 Å². The summed E-state index contributed by atoms with van der Waals surface area (Å²) in [7, 11) is 3.05. The van der Waals surface area contributed by atoms with Gasteiger partial charge in [-0.1, -0.05) is 12.1 Å². The van der Waals surface area contributed by atoms with E-state index >= 15 is 0 Å². The van der Waals surface area contributed by atoms with Gasteiger partial charge in [0, 0.05) is 6.07 Å². The van der Waals surface area contributed by atoms with E-state index < -0.39 is 5.91 Å². The van der Waals surface area contributed by atoms with Crippen molar-refractivity contribution in [3.05, 3.63) is 63.4 Å². The van der Waals surface area contributed by atoms with Crippen LogP contribution < -0.4 is 20.2 Å². The fraction of sp³-hybridized carbons (Fsp3) is 0.200. The normalized spacial score (nSPS) is 10.6. The number of aromatic nitrogens is 1. The number of benzene rings is 2. The molecule has 1 aromatic heterocycles. The molecule has 0 aliphatic heterocycles. The van der Waals surface area contributed by atoms with E-state index in [1.807, 2.05) is 26.0 Å². The first-order valence-electron chi connectivity index (χ1n) is 8.11. The highest BCUT2D eigenvalue weighted by atomic mass is 16.5. The first-order chi connectivity index (χ1) is 12.4. The van der Waals surface area contributed by atoms with Crippen molar-refractivity contribution in [2.45, 2.75) is 13.8 Å². The molecule has 0 fully saturated rings. The molecule has 0 unspecified atom stereocenters. The molecule has 0 bridgehead atoms. The number of carbonyl (C=O) groups is 1. The number of rotatable bonds is 4. The molecule has 6 nitrogen and oxygen atoms in total. The van der Waals surface area contributed by atoms with Crippen LogP contribution in [0.5, 0.6) is 11.5 Å². The Labute approximate surface area is 150 Å². The van der Waals surface area contributed by atoms with E-state index in [0.29, 0.717) is 28.1 Å². The Hall–Kier alpha value is -3.28. The summed E-state index contributed by atoms with van der Waals surface area (Å²) in [5.74, 6) is 0.613. The number of amides is 1. The zero-order valence-corrected chi connectivity index (χ0v) is 15.1. The van der Waals surface area contributed by atoms with Crippen LogP contribution in [-0.2, 0) is 0 Å². The highest BCUT2D eigenvalue weighted by Gasteiger charge is 2.15. The molecule has 2 N–H and O–H groups in total. The predicted octanol–water partition coefficient (Wildman–Crippen LogP) is 3.41. The number of pyridine rings is 1. The van der Waals surface area contributed by atoms with Gasteiger partial charge in [-0.05, 0) is 43.2 Å². The second-order valence-corrected chi connectivity index (χ2v) is 6.04. The van der Waals surface area contributed by atoms with Gasteiger partial charge >= 0.3 is 0 Å². The molecule has 1 heterocycles. The molecule has 0 atom stereocenters. The number of aromatic amines is 1. The minimum absolute atomic E-state index is 0.148. The topological polar surface area (TPSA) is 80.4 Å². The van der Waals surface area contributed by atoms with Crippen LogP contribution in [0.15, 0.2) is 41.2 Å². The Kier molecular flexibility index (Phi) is 4.67. The van der Waals surface area contributed by atoms with Gasteiger partial charge in [0.05, 0.1) is 30.8 Å². The zero-order chi connectivity index (χ0) is 18.8. The van der Waals surface area contributed by atoms with Gasteiger partial charge in [0.25, 0.3) is 5.91 Å². The summed E-state index contributed by atoms with van der Waals surface area (Å²) in [6, 6.07) is 10.3. The number of methoxy groups -OCH3 is 2. The number of carbonyl (C=O) groups excluding carboxylic acids is 1. The van der Waals surface area contributed by atoms with Gasteiger partial charge in [0.15, 0.2) is 5.43 Å². The summed E-state index contributed by atoms with van der Waals surface area (Å²) in [4.78, 5) is 28.3. The minimum atomic E-state index is -0.434. The first kappa shape index (κ1) is 17.5. The van der Waals surface area contributed by atoms with E-state index in [4.69, 9.17) is 9.47 Å². The van der Waals surface area contributed by atoms with Crippen LogP contribution in [0.4, 0.5) is 5.69 Å². The second-order valence-electron chi connectivity index (χ2n) is 6.04. The average Bonchev–Trinajstić information content (AvgIpc) is 2.61. The molecular formula is C20H20N2O4. The lowest BCUT2D eigenvalue weighted by Crippen LogP contribution is -2.18. The van der Waals surface area contributed by atoms with Gasteiger partial charge < -0.3 is 19.8 Å². The highest BCUT2D eigenvalue weighted by Crippen LogP contribution is 2.27. The summed E-state index contributed by atoms with van der Waals surface area (Å²) in [5, 5.41) is 3.30. The predicted molar refractivity (Wildman–Crippen MR) is 102 cm³/mol. The van der Waals surface area contributed by atoms with Gasteiger partial charge in [-0.3, -0.25) is 9.59 Å². The molecular weight excluding hydrogens is 332 g/mol. The van der Waals surface area contributed by atoms with Gasteiger partial charge in [-0.15, -0.1) is 0 Å². The molecule has 3 rings (SSSR count). The van der Waals surface area contributed by atoms with Crippen LogP contribution in [-0.4, -0.2) is 25.1 Å². The second kappa shape index (κ2) is 6.92. The van der Waals surface area contributed by atoms with E-state index in [9.17, 15) is 9.59 Å². The van der Waals surface area contributed by atoms with Crippen molar-refractivity contribution in [1.29, 1.82) is 0 Å². The molecule has 0 saturated heterocycles. The van der Waals surface area contributed by atoms with Crippen LogP contribution in [0.1, 0.15) is 21.6 Å². The van der Waals surface area contributed by atoms with Crippen LogP contribution in [0.3, 0.4) is 0 Å². The maximum Gasteiger partial charge on any atom is 0.272 e. The third-order valence-electron chi connectivity index (χ3n) is 4.22. The summed E-state index contributed by atoms with van der Waals surface area (Å²) < 4.78 is 10.6. The maximum atomic E-state index is 12.7. The molecule has 2 aromatic carbocycles. The third-order valence-corrected chi connectivity index (χ3v) is 4.22. The maximum absolute atomic E-state index is 12.7. The third kappa shape index (κ3) is 3.13. The van der Waals surface area contributed by atoms with Gasteiger partial charge in [-0.25, -0.2) is 0 Å². The fourth-order valence-corrected chi connectivity index (χ4v) is 2.90. The van der Waals surface area contributed by atoms with Crippen molar-refractivity contribution in [2.24, 2.45) is 0 Å². The van der Waals surface area contributed by atoms with Crippen LogP contribution >= 0.6 is 0 Å². The smallest absolute Gasteiger partial charge is 0.272 e. The molecule has 0 aliphatic rings. The average molecular weight is 352 g/mol. The lowest BCUT2D eigenvalue weighted by Gasteiger charge is -2.12. The largest absolute Gasteiger partial charge is 0.495 e. The molecule has 6 heteroatoms. The summed E-state index contributed by atoms with van der Waals surface area (Å²) >= 11 is 0. The van der Waals surface area contributed by atoms with E-state index in [1.165, 1.54) is 20.3 Å². The monoisotopic (exact) mass is 352 g/mol. The summed E-state index contributed by atoms with van der Waals surface area (Å²) in [5.41, 5.74) is 2.74. The molecule has 0 saturated carbocycles. The number of hydrogen-bond donors (Lipinski definition) is 2. The van der Waals surface area contributed by atoms with Crippen molar-refractivity contribution < 1.29 is 14.3 Å². The number of fused-ring (bicyclic) bond motifs is 1. The van der Waals surface area contributed by atoms with E-state index in [1.54, 1.807) is 18.2 Å². The van der Waals surface area contributed by atoms with E-state index in [2.05, 4.69) is 10.3 Å². The lowest BCUT2D eigenvalue weighted by molar-refractivity contribution is 0.102. The Morgan fingerprint density at radius 2 is 1.69 bits per heavy atom. The Bertz CT molecular complexity index is 1050. The molecule has 1 amide bonds. The number of aryl methyl sites for hydroxylation is 2. The van der Waals surface area contributed by atoms with E-state index in [0.717, 1.165) is 11.1 Å². The van der Waals surface area contributed by atoms with Crippen LogP contribution in [0, 0.1) is 13.8 Å². The standard InChI is InChI=1S/C20H20N2O4/c1-11-5-7-16(25-3)13(9-11)22-20(24)14-10-15(23)18-12(2)6-8-17(26-4)19(18)21-14/h5-10H,1-4H3,(H,21,23)(H,22,24). The van der Waals surface area contributed by atoms with Crippen molar-refractivity contribution in [2.75, 3.05) is 19.5 Å². The Morgan fingerprint density at radius 1 is 1.00 bits per heavy atom. The van der Waals surface area contributed by atoms with Gasteiger partial charge in [-0.2, -0.15) is 0 Å². The quantitative estimate of drug-likeness (QED) is 0.754. The highest BCUT2D eigenvalue weighted by molar-refractivity contribution is 6.05. The van der Waals surface area contributed by atoms with Crippen LogP contribution in [0.2, 0.25) is 0 Å². The molecule has 26 heavy (non-hydrogen) atoms. The summed E-state index contributed by atoms with van der Waals surface area (Å²) in [6.45, 7) is 3.76. The van der Waals surface area contributed by atoms with Gasteiger partial charge in [0.1, 0.15) is 17.2 Å². The number of ether oxygens (including phenoxy) is 2. The Balaban J connectivity index is 2.07. The van der Waals surface area contributed by atoms with Crippen molar-refractivity contribution in [1.82, 2.24) is 4.98 Å². The van der Waals surface area contributed by atoms with Crippen molar-refractivity contribution in [3.8, 4) is 11.5 Å². The summed E-state index contributed by atoms with van der Waals surface area (Å²) in [6.07, 6.45) is 0. The number of hydrogen-bond acceptors (Lipinski definition) is 4. The van der Waals surface area contributed by atoms with Crippen molar-refractivity contribution in [3.63, 3.8) is 0 Å². The number of nitrogens with one attached hydrogen (secondary N) is 2. The number of H-pyrrole nitrogens is 1. The lowest BCUT2D eigenvalue weighted by atomic mass is 10.1. The van der Waals surface area contributed by atoms with E-state index in [-0.39, 0.29) is 11.1 Å². The SMILES string of the molecule is COc1ccc(C)cc1NC(=O)c1cc(=O)c2c(C)ccc(OC)c2[nH]1. The fourth-order valence-electron chi connectivity index (χ4n) is 2.90. The first-order valence-corrected chi connectivity index (χ1v) is 8.11. The van der Waals surface area contributed by atoms with Crippen LogP contribution in [0.25, 0.3) is 10.9 Å². The minimum Gasteiger partial charge on any atom is -0.495 e. The Morgan fingerprint density at radius 3 is 2.38 bits per heavy atom. The molecule has 3 aromatic rings. The molecule has 134 valence electrons. The molecule has 0 aliphatic carbocycles. The van der Waals surface area contributed by atoms with Crippen molar-refractivity contribution >= 4 is 22.5 Å². The molecule has 0 radical (unpaired) electrons. The molecule has 0 spiro atoms.